The molecule has 1 saturated heterocycles. The van der Waals surface area contributed by atoms with Gasteiger partial charge >= 0.3 is 0 Å². The van der Waals surface area contributed by atoms with Crippen molar-refractivity contribution in [3.8, 4) is 11.5 Å². The molecule has 1 fully saturated rings. The minimum Gasteiger partial charge on any atom is -0.508 e. The molecule has 1 aliphatic heterocycles. The maximum Gasteiger partial charge on any atom is 0.251 e. The Kier molecular flexibility index (Phi) is 10.7. The summed E-state index contributed by atoms with van der Waals surface area (Å²) in [7, 11) is 3.26. The Bertz CT molecular complexity index is 597. The molecular formula is C18H29F2IN4O2. The first-order valence-electron chi connectivity index (χ1n) is 8.85. The van der Waals surface area contributed by atoms with E-state index in [1.54, 1.807) is 25.1 Å². The van der Waals surface area contributed by atoms with Crippen molar-refractivity contribution in [1.29, 1.82) is 0 Å². The molecule has 0 bridgehead atoms. The molecule has 3 N–H and O–H groups in total. The maximum absolute atomic E-state index is 12.4. The number of guanidine groups is 1. The van der Waals surface area contributed by atoms with Crippen molar-refractivity contribution in [3.63, 3.8) is 0 Å². The number of aliphatic imine (C=N–C) groups is 1. The molecule has 154 valence electrons. The number of nitrogens with zero attached hydrogens (tertiary/aromatic N) is 2. The van der Waals surface area contributed by atoms with Crippen molar-refractivity contribution >= 4 is 29.9 Å². The molecular weight excluding hydrogens is 469 g/mol. The number of rotatable bonds is 7. The molecule has 1 aliphatic rings. The van der Waals surface area contributed by atoms with Gasteiger partial charge in [-0.2, -0.15) is 0 Å². The normalized spacial score (nSPS) is 16.1. The summed E-state index contributed by atoms with van der Waals surface area (Å²) in [6.07, 6.45) is -0.00811. The van der Waals surface area contributed by atoms with Crippen LogP contribution >= 0.6 is 24.0 Å². The van der Waals surface area contributed by atoms with Crippen molar-refractivity contribution in [1.82, 2.24) is 15.5 Å². The fourth-order valence-electron chi connectivity index (χ4n) is 3.04. The van der Waals surface area contributed by atoms with Gasteiger partial charge in [-0.1, -0.05) is 6.07 Å². The van der Waals surface area contributed by atoms with Gasteiger partial charge in [-0.05, 0) is 30.9 Å². The molecule has 0 aliphatic carbocycles. The van der Waals surface area contributed by atoms with E-state index in [0.29, 0.717) is 37.8 Å². The molecule has 2 rings (SSSR count). The lowest BCUT2D eigenvalue weighted by molar-refractivity contribution is 0.0744. The summed E-state index contributed by atoms with van der Waals surface area (Å²) in [4.78, 5) is 6.01. The zero-order valence-electron chi connectivity index (χ0n) is 15.8. The number of piperidine rings is 1. The molecule has 9 heteroatoms. The predicted octanol–water partition coefficient (Wildman–Crippen LogP) is 2.46. The van der Waals surface area contributed by atoms with Crippen LogP contribution in [0.3, 0.4) is 0 Å². The van der Waals surface area contributed by atoms with E-state index in [1.165, 1.54) is 0 Å². The van der Waals surface area contributed by atoms with Crippen molar-refractivity contribution in [2.24, 2.45) is 4.99 Å². The average Bonchev–Trinajstić information content (AvgIpc) is 2.63. The molecule has 0 atom stereocenters. The van der Waals surface area contributed by atoms with E-state index in [-0.39, 0.29) is 42.3 Å². The van der Waals surface area contributed by atoms with Gasteiger partial charge in [0.25, 0.3) is 6.43 Å². The zero-order chi connectivity index (χ0) is 18.9. The maximum atomic E-state index is 12.4. The second kappa shape index (κ2) is 12.2. The number of nitrogens with one attached hydrogen (secondary N) is 2. The van der Waals surface area contributed by atoms with Crippen LogP contribution in [-0.2, 0) is 6.42 Å². The average molecular weight is 498 g/mol. The number of phenolic OH excluding ortho intramolecular Hbond substituents is 1. The fourth-order valence-corrected chi connectivity index (χ4v) is 3.04. The second-order valence-corrected chi connectivity index (χ2v) is 6.35. The molecule has 0 amide bonds. The third-order valence-electron chi connectivity index (χ3n) is 4.53. The smallest absolute Gasteiger partial charge is 0.251 e. The number of ether oxygens (including phenoxy) is 1. The third-order valence-corrected chi connectivity index (χ3v) is 4.53. The van der Waals surface area contributed by atoms with Crippen LogP contribution in [0.25, 0.3) is 0 Å². The van der Waals surface area contributed by atoms with Gasteiger partial charge in [0.2, 0.25) is 0 Å². The van der Waals surface area contributed by atoms with Gasteiger partial charge in [0.05, 0.1) is 13.7 Å². The minimum atomic E-state index is -2.27. The lowest BCUT2D eigenvalue weighted by Gasteiger charge is -2.32. The number of aromatic hydroxyl groups is 1. The first-order valence-corrected chi connectivity index (χ1v) is 8.85. The van der Waals surface area contributed by atoms with E-state index >= 15 is 0 Å². The highest BCUT2D eigenvalue weighted by atomic mass is 127. The highest BCUT2D eigenvalue weighted by Gasteiger charge is 2.21. The Balaban J connectivity index is 0.00000364. The van der Waals surface area contributed by atoms with Gasteiger partial charge in [-0.3, -0.25) is 9.89 Å². The summed E-state index contributed by atoms with van der Waals surface area (Å²) < 4.78 is 29.9. The molecule has 1 aromatic rings. The highest BCUT2D eigenvalue weighted by molar-refractivity contribution is 14.0. The number of hydrogen-bond acceptors (Lipinski definition) is 4. The summed E-state index contributed by atoms with van der Waals surface area (Å²) in [6, 6.07) is 5.47. The quantitative estimate of drug-likeness (QED) is 0.306. The van der Waals surface area contributed by atoms with E-state index < -0.39 is 6.43 Å². The van der Waals surface area contributed by atoms with Crippen LogP contribution in [0, 0.1) is 0 Å². The first kappa shape index (κ1) is 23.7. The SMILES string of the molecule is CN=C(NCCc1ccc(OC)cc1O)NC1CCN(CC(F)F)CC1.I. The second-order valence-electron chi connectivity index (χ2n) is 6.35. The number of phenols is 1. The van der Waals surface area contributed by atoms with Gasteiger partial charge in [0.1, 0.15) is 11.5 Å². The number of methoxy groups -OCH3 is 1. The topological polar surface area (TPSA) is 69.1 Å². The van der Waals surface area contributed by atoms with Crippen molar-refractivity contribution in [3.05, 3.63) is 23.8 Å². The van der Waals surface area contributed by atoms with E-state index in [9.17, 15) is 13.9 Å². The van der Waals surface area contributed by atoms with E-state index in [1.807, 2.05) is 12.1 Å². The fraction of sp³-hybridized carbons (Fsp3) is 0.611. The van der Waals surface area contributed by atoms with Crippen molar-refractivity contribution in [2.45, 2.75) is 31.7 Å². The molecule has 0 spiro atoms. The first-order chi connectivity index (χ1) is 12.5. The number of likely N-dealkylation sites (tertiary alicyclic amines) is 1. The summed E-state index contributed by atoms with van der Waals surface area (Å²) in [5.41, 5.74) is 0.828. The minimum absolute atomic E-state index is 0. The van der Waals surface area contributed by atoms with E-state index in [4.69, 9.17) is 4.74 Å². The van der Waals surface area contributed by atoms with Crippen LogP contribution in [-0.4, -0.2) is 68.8 Å². The van der Waals surface area contributed by atoms with E-state index in [2.05, 4.69) is 15.6 Å². The van der Waals surface area contributed by atoms with Gasteiger partial charge in [-0.15, -0.1) is 24.0 Å². The zero-order valence-corrected chi connectivity index (χ0v) is 18.1. The molecule has 27 heavy (non-hydrogen) atoms. The van der Waals surface area contributed by atoms with Crippen molar-refractivity contribution < 1.29 is 18.6 Å². The summed E-state index contributed by atoms with van der Waals surface area (Å²) in [5.74, 6) is 1.51. The van der Waals surface area contributed by atoms with Gasteiger partial charge < -0.3 is 20.5 Å². The lowest BCUT2D eigenvalue weighted by Crippen LogP contribution is -2.49. The standard InChI is InChI=1S/C18H28F2N4O2.HI/c1-21-18(23-14-6-9-24(10-7-14)12-17(19)20)22-8-5-13-3-4-15(26-2)11-16(13)25;/h3-4,11,14,17,25H,5-10,12H2,1-2H3,(H2,21,22,23);1H. The Morgan fingerprint density at radius 3 is 2.63 bits per heavy atom. The molecule has 1 heterocycles. The van der Waals surface area contributed by atoms with Gasteiger partial charge in [0, 0.05) is 38.8 Å². The Labute approximate surface area is 176 Å². The van der Waals surface area contributed by atoms with Crippen molar-refractivity contribution in [2.75, 3.05) is 40.3 Å². The molecule has 6 nitrogen and oxygen atoms in total. The van der Waals surface area contributed by atoms with Crippen LogP contribution in [0.1, 0.15) is 18.4 Å². The monoisotopic (exact) mass is 498 g/mol. The number of halogens is 3. The van der Waals surface area contributed by atoms with Crippen LogP contribution in [0.2, 0.25) is 0 Å². The number of hydrogen-bond donors (Lipinski definition) is 3. The highest BCUT2D eigenvalue weighted by Crippen LogP contribution is 2.23. The molecule has 0 aromatic heterocycles. The third kappa shape index (κ3) is 8.04. The van der Waals surface area contributed by atoms with Gasteiger partial charge in [-0.25, -0.2) is 8.78 Å². The van der Waals surface area contributed by atoms with Crippen LogP contribution in [0.15, 0.2) is 23.2 Å². The van der Waals surface area contributed by atoms with E-state index in [0.717, 1.165) is 18.4 Å². The molecule has 0 saturated carbocycles. The Morgan fingerprint density at radius 2 is 2.07 bits per heavy atom. The Morgan fingerprint density at radius 1 is 1.37 bits per heavy atom. The molecule has 0 unspecified atom stereocenters. The Hall–Kier alpha value is -1.36. The summed E-state index contributed by atoms with van der Waals surface area (Å²) in [6.45, 7) is 1.80. The summed E-state index contributed by atoms with van der Waals surface area (Å²) >= 11 is 0. The van der Waals surface area contributed by atoms with Gasteiger partial charge in [0.15, 0.2) is 5.96 Å². The largest absolute Gasteiger partial charge is 0.508 e. The molecule has 0 radical (unpaired) electrons. The molecule has 1 aromatic carbocycles. The number of alkyl halides is 2. The summed E-state index contributed by atoms with van der Waals surface area (Å²) in [5, 5.41) is 16.5. The predicted molar refractivity (Wildman–Crippen MR) is 114 cm³/mol. The van der Waals surface area contributed by atoms with Crippen LogP contribution in [0.5, 0.6) is 11.5 Å². The lowest BCUT2D eigenvalue weighted by atomic mass is 10.1. The number of benzene rings is 1. The van der Waals surface area contributed by atoms with Crippen LogP contribution < -0.4 is 15.4 Å². The van der Waals surface area contributed by atoms with Crippen LogP contribution in [0.4, 0.5) is 8.78 Å².